The van der Waals surface area contributed by atoms with E-state index < -0.39 is 47.3 Å². The molecule has 1 aromatic rings. The highest BCUT2D eigenvalue weighted by molar-refractivity contribution is 5.92. The van der Waals surface area contributed by atoms with Crippen LogP contribution in [0.25, 0.3) is 0 Å². The zero-order valence-corrected chi connectivity index (χ0v) is 10.2. The summed E-state index contributed by atoms with van der Waals surface area (Å²) >= 11 is 0. The molecule has 0 fully saturated rings. The number of hydrogen-bond acceptors (Lipinski definition) is 3. The van der Waals surface area contributed by atoms with Crippen LogP contribution in [0.1, 0.15) is 0 Å². The summed E-state index contributed by atoms with van der Waals surface area (Å²) in [5.74, 6) is -11.9. The van der Waals surface area contributed by atoms with Crippen molar-refractivity contribution in [1.29, 1.82) is 0 Å². The first-order chi connectivity index (χ1) is 9.40. The molecule has 0 atom stereocenters. The Morgan fingerprint density at radius 1 is 0.950 bits per heavy atom. The Kier molecular flexibility index (Phi) is 5.83. The van der Waals surface area contributed by atoms with Gasteiger partial charge in [-0.1, -0.05) is 0 Å². The molecule has 0 saturated carbocycles. The van der Waals surface area contributed by atoms with E-state index in [1.807, 2.05) is 0 Å². The molecule has 0 aliphatic carbocycles. The zero-order valence-electron chi connectivity index (χ0n) is 10.2. The summed E-state index contributed by atoms with van der Waals surface area (Å²) in [6.45, 7) is -0.417. The second kappa shape index (κ2) is 7.15. The van der Waals surface area contributed by atoms with E-state index >= 15 is 0 Å². The molecule has 0 aliphatic rings. The first-order valence-corrected chi connectivity index (χ1v) is 5.28. The lowest BCUT2D eigenvalue weighted by Crippen LogP contribution is -2.22. The second-order valence-corrected chi connectivity index (χ2v) is 3.54. The van der Waals surface area contributed by atoms with Crippen molar-refractivity contribution in [3.8, 4) is 0 Å². The van der Waals surface area contributed by atoms with E-state index in [2.05, 4.69) is 4.74 Å². The van der Waals surface area contributed by atoms with Gasteiger partial charge in [0.15, 0.2) is 23.3 Å². The highest BCUT2D eigenvalue weighted by Gasteiger charge is 2.26. The molecule has 1 rings (SSSR count). The number of rotatable bonds is 6. The predicted octanol–water partition coefficient (Wildman–Crippen LogP) is 1.98. The Morgan fingerprint density at radius 2 is 1.45 bits per heavy atom. The standard InChI is InChI=1S/C11H10F5NO3/c1-19-2-3-20-4-5(18)17-11-9(15)7(13)6(12)8(14)10(11)16/h2-4H2,1H3,(H,17,18). The Hall–Kier alpha value is -1.74. The van der Waals surface area contributed by atoms with Crippen LogP contribution in [0.15, 0.2) is 0 Å². The van der Waals surface area contributed by atoms with Gasteiger partial charge in [-0.2, -0.15) is 0 Å². The predicted molar refractivity (Wildman–Crippen MR) is 57.6 cm³/mol. The summed E-state index contributed by atoms with van der Waals surface area (Å²) in [5, 5.41) is 1.56. The van der Waals surface area contributed by atoms with E-state index in [9.17, 15) is 26.7 Å². The van der Waals surface area contributed by atoms with Crippen LogP contribution in [-0.4, -0.2) is 32.8 Å². The molecule has 1 aromatic carbocycles. The molecule has 4 nitrogen and oxygen atoms in total. The molecular weight excluding hydrogens is 289 g/mol. The number of anilines is 1. The molecule has 9 heteroatoms. The summed E-state index contributed by atoms with van der Waals surface area (Å²) < 4.78 is 74.2. The fourth-order valence-electron chi connectivity index (χ4n) is 1.20. The maximum Gasteiger partial charge on any atom is 0.250 e. The summed E-state index contributed by atoms with van der Waals surface area (Å²) in [4.78, 5) is 11.2. The smallest absolute Gasteiger partial charge is 0.250 e. The molecule has 20 heavy (non-hydrogen) atoms. The van der Waals surface area contributed by atoms with Crippen LogP contribution < -0.4 is 5.32 Å². The summed E-state index contributed by atoms with van der Waals surface area (Å²) in [6.07, 6.45) is 0. The van der Waals surface area contributed by atoms with E-state index in [1.54, 1.807) is 5.32 Å². The van der Waals surface area contributed by atoms with Crippen molar-refractivity contribution < 1.29 is 36.2 Å². The zero-order chi connectivity index (χ0) is 15.3. The van der Waals surface area contributed by atoms with Crippen LogP contribution in [0.4, 0.5) is 27.6 Å². The molecule has 0 aliphatic heterocycles. The van der Waals surface area contributed by atoms with Gasteiger partial charge in [-0.3, -0.25) is 4.79 Å². The van der Waals surface area contributed by atoms with Crippen molar-refractivity contribution in [2.24, 2.45) is 0 Å². The highest BCUT2D eigenvalue weighted by atomic mass is 19.2. The van der Waals surface area contributed by atoms with Crippen molar-refractivity contribution in [3.05, 3.63) is 29.1 Å². The number of hydrogen-bond donors (Lipinski definition) is 1. The van der Waals surface area contributed by atoms with Gasteiger partial charge in [0.2, 0.25) is 5.82 Å². The van der Waals surface area contributed by atoms with Gasteiger partial charge in [-0.25, -0.2) is 22.0 Å². The lowest BCUT2D eigenvalue weighted by molar-refractivity contribution is -0.121. The van der Waals surface area contributed by atoms with Gasteiger partial charge in [-0.15, -0.1) is 0 Å². The molecule has 1 amide bonds. The first kappa shape index (κ1) is 16.3. The van der Waals surface area contributed by atoms with Gasteiger partial charge < -0.3 is 14.8 Å². The Bertz CT molecular complexity index is 480. The quantitative estimate of drug-likeness (QED) is 0.378. The first-order valence-electron chi connectivity index (χ1n) is 5.28. The van der Waals surface area contributed by atoms with Crippen LogP contribution in [0.5, 0.6) is 0 Å². The van der Waals surface area contributed by atoms with Crippen molar-refractivity contribution in [1.82, 2.24) is 0 Å². The molecular formula is C11H10F5NO3. The Balaban J connectivity index is 2.80. The molecule has 1 N–H and O–H groups in total. The van der Waals surface area contributed by atoms with Crippen LogP contribution in [0.2, 0.25) is 0 Å². The Morgan fingerprint density at radius 3 is 1.95 bits per heavy atom. The van der Waals surface area contributed by atoms with Crippen LogP contribution >= 0.6 is 0 Å². The Labute approximate surface area is 110 Å². The lowest BCUT2D eigenvalue weighted by atomic mass is 10.2. The molecule has 0 radical (unpaired) electrons. The van der Waals surface area contributed by atoms with Crippen molar-refractivity contribution in [3.63, 3.8) is 0 Å². The van der Waals surface area contributed by atoms with E-state index in [-0.39, 0.29) is 13.2 Å². The number of carbonyl (C=O) groups excluding carboxylic acids is 1. The highest BCUT2D eigenvalue weighted by Crippen LogP contribution is 2.26. The maximum atomic E-state index is 13.2. The van der Waals surface area contributed by atoms with Crippen molar-refractivity contribution in [2.75, 3.05) is 32.2 Å². The van der Waals surface area contributed by atoms with Crippen LogP contribution in [-0.2, 0) is 14.3 Å². The number of carbonyl (C=O) groups is 1. The summed E-state index contributed by atoms with van der Waals surface area (Å²) in [7, 11) is 1.39. The van der Waals surface area contributed by atoms with Gasteiger partial charge in [0.05, 0.1) is 13.2 Å². The maximum absolute atomic E-state index is 13.2. The van der Waals surface area contributed by atoms with Gasteiger partial charge in [0.25, 0.3) is 5.91 Å². The number of amides is 1. The number of benzene rings is 1. The number of nitrogens with one attached hydrogen (secondary N) is 1. The number of halogens is 5. The largest absolute Gasteiger partial charge is 0.382 e. The lowest BCUT2D eigenvalue weighted by Gasteiger charge is -2.10. The summed E-state index contributed by atoms with van der Waals surface area (Å²) in [5.41, 5.74) is -1.42. The molecule has 112 valence electrons. The molecule has 0 saturated heterocycles. The monoisotopic (exact) mass is 299 g/mol. The SMILES string of the molecule is COCCOCC(=O)Nc1c(F)c(F)c(F)c(F)c1F. The fourth-order valence-corrected chi connectivity index (χ4v) is 1.20. The topological polar surface area (TPSA) is 47.6 Å². The molecule has 0 bridgehead atoms. The third-order valence-corrected chi connectivity index (χ3v) is 2.14. The third-order valence-electron chi connectivity index (χ3n) is 2.14. The molecule has 0 spiro atoms. The minimum absolute atomic E-state index is 0.0288. The average molecular weight is 299 g/mol. The molecule has 0 aromatic heterocycles. The van der Waals surface area contributed by atoms with Gasteiger partial charge in [0.1, 0.15) is 12.3 Å². The van der Waals surface area contributed by atoms with Gasteiger partial charge in [0, 0.05) is 7.11 Å². The van der Waals surface area contributed by atoms with E-state index in [4.69, 9.17) is 4.74 Å². The van der Waals surface area contributed by atoms with Crippen LogP contribution in [0.3, 0.4) is 0 Å². The summed E-state index contributed by atoms with van der Waals surface area (Å²) in [6, 6.07) is 0. The van der Waals surface area contributed by atoms with Crippen molar-refractivity contribution >= 4 is 11.6 Å². The second-order valence-electron chi connectivity index (χ2n) is 3.54. The third kappa shape index (κ3) is 3.64. The van der Waals surface area contributed by atoms with Crippen LogP contribution in [0, 0.1) is 29.1 Å². The fraction of sp³-hybridized carbons (Fsp3) is 0.364. The number of methoxy groups -OCH3 is 1. The average Bonchev–Trinajstić information content (AvgIpc) is 2.44. The van der Waals surface area contributed by atoms with E-state index in [0.717, 1.165) is 0 Å². The van der Waals surface area contributed by atoms with Gasteiger partial charge in [-0.05, 0) is 0 Å². The van der Waals surface area contributed by atoms with Crippen molar-refractivity contribution in [2.45, 2.75) is 0 Å². The number of ether oxygens (including phenoxy) is 2. The van der Waals surface area contributed by atoms with E-state index in [1.165, 1.54) is 7.11 Å². The normalized spacial score (nSPS) is 10.7. The minimum atomic E-state index is -2.30. The molecule has 0 unspecified atom stereocenters. The van der Waals surface area contributed by atoms with Gasteiger partial charge >= 0.3 is 0 Å². The minimum Gasteiger partial charge on any atom is -0.382 e. The van der Waals surface area contributed by atoms with E-state index in [0.29, 0.717) is 0 Å². The molecule has 0 heterocycles.